The number of likely N-dealkylation sites (N-methyl/N-ethyl adjacent to an activating group) is 1. The molecule has 0 amide bonds. The molecule has 114 valence electrons. The molecule has 1 atom stereocenters. The van der Waals surface area contributed by atoms with Crippen molar-refractivity contribution in [2.24, 2.45) is 0 Å². The van der Waals surface area contributed by atoms with Crippen molar-refractivity contribution in [2.45, 2.75) is 18.5 Å². The average Bonchev–Trinajstić information content (AvgIpc) is 2.25. The van der Waals surface area contributed by atoms with Crippen molar-refractivity contribution in [3.63, 3.8) is 0 Å². The van der Waals surface area contributed by atoms with E-state index in [0.717, 1.165) is 7.05 Å². The highest BCUT2D eigenvalue weighted by Crippen LogP contribution is 2.32. The summed E-state index contributed by atoms with van der Waals surface area (Å²) in [6.07, 6.45) is -12.4. The zero-order valence-corrected chi connectivity index (χ0v) is 10.1. The Kier molecular flexibility index (Phi) is 4.52. The molecule has 0 saturated heterocycles. The van der Waals surface area contributed by atoms with Gasteiger partial charge in [-0.05, 0) is 18.2 Å². The minimum Gasteiger partial charge on any atom is -0.382 e. The number of aliphatic hydroxyl groups is 1. The van der Waals surface area contributed by atoms with E-state index in [1.54, 1.807) is 0 Å². The van der Waals surface area contributed by atoms with Gasteiger partial charge in [-0.15, -0.1) is 0 Å². The summed E-state index contributed by atoms with van der Waals surface area (Å²) in [6.45, 7) is -0.994. The van der Waals surface area contributed by atoms with Crippen molar-refractivity contribution < 1.29 is 35.8 Å². The first-order valence-corrected chi connectivity index (χ1v) is 5.25. The molecule has 0 bridgehead atoms. The largest absolute Gasteiger partial charge is 0.416 e. The van der Waals surface area contributed by atoms with Gasteiger partial charge in [-0.1, -0.05) is 0 Å². The van der Waals surface area contributed by atoms with Crippen LogP contribution >= 0.6 is 0 Å². The molecule has 0 fully saturated rings. The maximum Gasteiger partial charge on any atom is 0.416 e. The summed E-state index contributed by atoms with van der Waals surface area (Å²) >= 11 is 0. The first kappa shape index (κ1) is 16.5. The molecule has 1 aromatic rings. The Hall–Kier alpha value is -1.51. The van der Waals surface area contributed by atoms with E-state index >= 15 is 0 Å². The third-order valence-corrected chi connectivity index (χ3v) is 2.51. The highest BCUT2D eigenvalue weighted by atomic mass is 19.4. The van der Waals surface area contributed by atoms with Gasteiger partial charge in [-0.25, -0.2) is 4.39 Å². The van der Waals surface area contributed by atoms with Crippen LogP contribution in [0.3, 0.4) is 0 Å². The second-order valence-corrected chi connectivity index (χ2v) is 4.10. The van der Waals surface area contributed by atoms with Crippen molar-refractivity contribution in [3.8, 4) is 0 Å². The maximum atomic E-state index is 13.5. The smallest absolute Gasteiger partial charge is 0.382 e. The lowest BCUT2D eigenvalue weighted by Crippen LogP contribution is -2.39. The summed E-state index contributed by atoms with van der Waals surface area (Å²) in [5, 5.41) is 8.82. The summed E-state index contributed by atoms with van der Waals surface area (Å²) in [6, 6.07) is 1.45. The van der Waals surface area contributed by atoms with Crippen LogP contribution in [0.15, 0.2) is 18.2 Å². The molecule has 0 aliphatic rings. The lowest BCUT2D eigenvalue weighted by Gasteiger charge is -2.24. The Morgan fingerprint density at radius 1 is 1.15 bits per heavy atom. The van der Waals surface area contributed by atoms with Gasteiger partial charge in [0.05, 0.1) is 17.8 Å². The number of benzene rings is 1. The quantitative estimate of drug-likeness (QED) is 0.867. The van der Waals surface area contributed by atoms with Crippen molar-refractivity contribution in [1.29, 1.82) is 0 Å². The molecule has 1 N–H and O–H groups in total. The Balaban J connectivity index is 2.93. The number of rotatable bonds is 3. The molecule has 0 spiro atoms. The first-order chi connectivity index (χ1) is 8.93. The van der Waals surface area contributed by atoms with Crippen molar-refractivity contribution in [3.05, 3.63) is 29.6 Å². The molecule has 1 rings (SSSR count). The fraction of sp³-hybridized carbons (Fsp3) is 0.455. The lowest BCUT2D eigenvalue weighted by atomic mass is 10.1. The molecular formula is C11H10F7NO. The molecule has 1 unspecified atom stereocenters. The molecule has 1 aromatic carbocycles. The monoisotopic (exact) mass is 305 g/mol. The van der Waals surface area contributed by atoms with E-state index in [9.17, 15) is 30.7 Å². The summed E-state index contributed by atoms with van der Waals surface area (Å²) < 4.78 is 86.7. The maximum absolute atomic E-state index is 13.5. The molecular weight excluding hydrogens is 295 g/mol. The van der Waals surface area contributed by atoms with E-state index in [0.29, 0.717) is 17.0 Å². The summed E-state index contributed by atoms with van der Waals surface area (Å²) in [5.41, 5.74) is -1.72. The van der Waals surface area contributed by atoms with E-state index in [1.165, 1.54) is 0 Å². The first-order valence-electron chi connectivity index (χ1n) is 5.25. The van der Waals surface area contributed by atoms with E-state index in [2.05, 4.69) is 0 Å². The number of hydrogen-bond donors (Lipinski definition) is 1. The van der Waals surface area contributed by atoms with Gasteiger partial charge >= 0.3 is 12.4 Å². The predicted octanol–water partition coefficient (Wildman–Crippen LogP) is 3.20. The van der Waals surface area contributed by atoms with Gasteiger partial charge in [0.2, 0.25) is 0 Å². The van der Waals surface area contributed by atoms with Crippen LogP contribution in [-0.4, -0.2) is 31.0 Å². The molecule has 0 aromatic heterocycles. The van der Waals surface area contributed by atoms with Crippen LogP contribution in [-0.2, 0) is 6.18 Å². The highest BCUT2D eigenvalue weighted by Gasteiger charge is 2.39. The van der Waals surface area contributed by atoms with Gasteiger partial charge in [0, 0.05) is 7.05 Å². The van der Waals surface area contributed by atoms with E-state index < -0.39 is 42.1 Å². The van der Waals surface area contributed by atoms with Crippen LogP contribution in [0.1, 0.15) is 5.56 Å². The molecule has 0 heterocycles. The van der Waals surface area contributed by atoms with E-state index in [1.807, 2.05) is 0 Å². The average molecular weight is 305 g/mol. The van der Waals surface area contributed by atoms with Gasteiger partial charge in [0.1, 0.15) is 5.82 Å². The second kappa shape index (κ2) is 5.47. The highest BCUT2D eigenvalue weighted by molar-refractivity contribution is 5.49. The van der Waals surface area contributed by atoms with Gasteiger partial charge in [-0.3, -0.25) is 0 Å². The minimum absolute atomic E-state index is 0.186. The lowest BCUT2D eigenvalue weighted by molar-refractivity contribution is -0.200. The second-order valence-electron chi connectivity index (χ2n) is 4.10. The molecule has 0 saturated carbocycles. The van der Waals surface area contributed by atoms with Crippen molar-refractivity contribution >= 4 is 5.69 Å². The van der Waals surface area contributed by atoms with Crippen LogP contribution < -0.4 is 4.90 Å². The SMILES string of the molecule is CN(CC(O)C(F)(F)F)c1ccc(C(F)(F)F)cc1F. The molecule has 0 aliphatic carbocycles. The minimum atomic E-state index is -4.89. The number of nitrogens with zero attached hydrogens (tertiary/aromatic N) is 1. The molecule has 0 radical (unpaired) electrons. The van der Waals surface area contributed by atoms with Gasteiger partial charge < -0.3 is 10.0 Å². The number of alkyl halides is 6. The topological polar surface area (TPSA) is 23.5 Å². The van der Waals surface area contributed by atoms with Gasteiger partial charge in [0.25, 0.3) is 0 Å². The standard InChI is InChI=1S/C11H10F7NO/c1-19(5-9(20)11(16,17)18)8-3-2-6(4-7(8)12)10(13,14)15/h2-4,9,20H,5H2,1H3. The summed E-state index contributed by atoms with van der Waals surface area (Å²) in [4.78, 5) is 0.688. The summed E-state index contributed by atoms with van der Waals surface area (Å²) in [7, 11) is 1.03. The Labute approximate surface area is 109 Å². The normalized spacial score (nSPS) is 14.2. The Bertz CT molecular complexity index is 469. The van der Waals surface area contributed by atoms with E-state index in [4.69, 9.17) is 5.11 Å². The third kappa shape index (κ3) is 3.99. The summed E-state index contributed by atoms with van der Waals surface area (Å²) in [5.74, 6) is -1.32. The van der Waals surface area contributed by atoms with Crippen molar-refractivity contribution in [1.82, 2.24) is 0 Å². The van der Waals surface area contributed by atoms with Crippen LogP contribution in [0.2, 0.25) is 0 Å². The van der Waals surface area contributed by atoms with Gasteiger partial charge in [-0.2, -0.15) is 26.3 Å². The number of hydrogen-bond acceptors (Lipinski definition) is 2. The number of aliphatic hydroxyl groups excluding tert-OH is 1. The zero-order valence-electron chi connectivity index (χ0n) is 10.1. The van der Waals surface area contributed by atoms with Crippen LogP contribution in [0.4, 0.5) is 36.4 Å². The zero-order chi connectivity index (χ0) is 15.7. The fourth-order valence-corrected chi connectivity index (χ4v) is 1.45. The van der Waals surface area contributed by atoms with Crippen LogP contribution in [0.5, 0.6) is 0 Å². The Morgan fingerprint density at radius 3 is 2.10 bits per heavy atom. The van der Waals surface area contributed by atoms with Crippen molar-refractivity contribution in [2.75, 3.05) is 18.5 Å². The fourth-order valence-electron chi connectivity index (χ4n) is 1.45. The number of anilines is 1. The van der Waals surface area contributed by atoms with Crippen LogP contribution in [0.25, 0.3) is 0 Å². The Morgan fingerprint density at radius 2 is 1.70 bits per heavy atom. The number of halogens is 7. The van der Waals surface area contributed by atoms with Crippen LogP contribution in [0, 0.1) is 5.82 Å². The molecule has 0 aliphatic heterocycles. The third-order valence-electron chi connectivity index (χ3n) is 2.51. The van der Waals surface area contributed by atoms with Gasteiger partial charge in [0.15, 0.2) is 6.10 Å². The molecule has 2 nitrogen and oxygen atoms in total. The van der Waals surface area contributed by atoms with E-state index in [-0.39, 0.29) is 6.07 Å². The molecule has 9 heteroatoms. The molecule has 20 heavy (non-hydrogen) atoms. The predicted molar refractivity (Wildman–Crippen MR) is 56.7 cm³/mol.